The number of benzene rings is 1. The number of hydrogen-bond acceptors (Lipinski definition) is 6. The van der Waals surface area contributed by atoms with Crippen molar-refractivity contribution < 1.29 is 28.5 Å². The summed E-state index contributed by atoms with van der Waals surface area (Å²) in [4.78, 5) is 26.7. The standard InChI is InChI=1S/C20H25NO6/c1-2-24-20(23)15-9-14(15)11-21(19(22)17-4-3-7-25-17)10-13-5-6-16-18(8-13)27-12-26-16/h5-6,8,14-15,17H,2-4,7,9-12H2,1H3/t14-,15-,17-/m0/s1. The summed E-state index contributed by atoms with van der Waals surface area (Å²) in [5, 5.41) is 0. The molecule has 0 radical (unpaired) electrons. The number of carbonyl (C=O) groups excluding carboxylic acids is 2. The summed E-state index contributed by atoms with van der Waals surface area (Å²) in [6.45, 7) is 4.04. The molecule has 27 heavy (non-hydrogen) atoms. The molecule has 0 spiro atoms. The molecule has 2 aliphatic heterocycles. The van der Waals surface area contributed by atoms with E-state index in [0.717, 1.165) is 30.6 Å². The molecule has 0 N–H and O–H groups in total. The van der Waals surface area contributed by atoms with Crippen LogP contribution in [0, 0.1) is 11.8 Å². The van der Waals surface area contributed by atoms with E-state index in [0.29, 0.717) is 32.1 Å². The Morgan fingerprint density at radius 2 is 2.11 bits per heavy atom. The van der Waals surface area contributed by atoms with Crippen molar-refractivity contribution in [2.75, 3.05) is 26.6 Å². The van der Waals surface area contributed by atoms with E-state index >= 15 is 0 Å². The van der Waals surface area contributed by atoms with Crippen molar-refractivity contribution in [3.8, 4) is 11.5 Å². The Bertz CT molecular complexity index is 714. The molecule has 1 aliphatic carbocycles. The average molecular weight is 375 g/mol. The Morgan fingerprint density at radius 3 is 2.89 bits per heavy atom. The summed E-state index contributed by atoms with van der Waals surface area (Å²) < 4.78 is 21.5. The maximum Gasteiger partial charge on any atom is 0.309 e. The SMILES string of the molecule is CCOC(=O)[C@H]1C[C@H]1CN(Cc1ccc2c(c1)OCO2)C(=O)[C@@H]1CCCO1. The monoisotopic (exact) mass is 375 g/mol. The van der Waals surface area contributed by atoms with Gasteiger partial charge in [-0.1, -0.05) is 6.07 Å². The molecule has 7 heteroatoms. The van der Waals surface area contributed by atoms with E-state index in [9.17, 15) is 9.59 Å². The Hall–Kier alpha value is -2.28. The van der Waals surface area contributed by atoms with Crippen molar-refractivity contribution >= 4 is 11.9 Å². The fraction of sp³-hybridized carbons (Fsp3) is 0.600. The third-order valence-corrected chi connectivity index (χ3v) is 5.29. The lowest BCUT2D eigenvalue weighted by Gasteiger charge is -2.26. The van der Waals surface area contributed by atoms with Crippen LogP contribution in [0.4, 0.5) is 0 Å². The van der Waals surface area contributed by atoms with Gasteiger partial charge in [-0.05, 0) is 49.8 Å². The zero-order valence-electron chi connectivity index (χ0n) is 15.5. The van der Waals surface area contributed by atoms with Crippen molar-refractivity contribution in [3.63, 3.8) is 0 Å². The largest absolute Gasteiger partial charge is 0.466 e. The molecule has 1 saturated heterocycles. The number of rotatable bonds is 7. The fourth-order valence-electron chi connectivity index (χ4n) is 3.74. The van der Waals surface area contributed by atoms with Gasteiger partial charge in [-0.2, -0.15) is 0 Å². The molecule has 3 aliphatic rings. The van der Waals surface area contributed by atoms with Gasteiger partial charge in [0, 0.05) is 19.7 Å². The average Bonchev–Trinajstić information content (AvgIpc) is 3.06. The molecule has 1 amide bonds. The summed E-state index contributed by atoms with van der Waals surface area (Å²) in [6, 6.07) is 5.72. The van der Waals surface area contributed by atoms with E-state index in [2.05, 4.69) is 0 Å². The molecule has 0 unspecified atom stereocenters. The molecule has 2 fully saturated rings. The first-order chi connectivity index (χ1) is 13.2. The van der Waals surface area contributed by atoms with Crippen molar-refractivity contribution in [2.24, 2.45) is 11.8 Å². The van der Waals surface area contributed by atoms with Crippen LogP contribution in [0.2, 0.25) is 0 Å². The first-order valence-corrected chi connectivity index (χ1v) is 9.61. The highest BCUT2D eigenvalue weighted by molar-refractivity contribution is 5.81. The van der Waals surface area contributed by atoms with Gasteiger partial charge in [0.1, 0.15) is 6.10 Å². The van der Waals surface area contributed by atoms with Gasteiger partial charge in [0.2, 0.25) is 6.79 Å². The van der Waals surface area contributed by atoms with Gasteiger partial charge in [0.25, 0.3) is 5.91 Å². The van der Waals surface area contributed by atoms with Crippen LogP contribution in [0.1, 0.15) is 31.7 Å². The number of hydrogen-bond donors (Lipinski definition) is 0. The first kappa shape index (κ1) is 18.1. The third kappa shape index (κ3) is 4.03. The molecule has 7 nitrogen and oxygen atoms in total. The Morgan fingerprint density at radius 1 is 1.26 bits per heavy atom. The van der Waals surface area contributed by atoms with Crippen molar-refractivity contribution in [3.05, 3.63) is 23.8 Å². The van der Waals surface area contributed by atoms with Crippen LogP contribution in [-0.2, 0) is 25.6 Å². The van der Waals surface area contributed by atoms with Crippen molar-refractivity contribution in [1.29, 1.82) is 0 Å². The lowest BCUT2D eigenvalue weighted by molar-refractivity contribution is -0.146. The molecule has 4 rings (SSSR count). The van der Waals surface area contributed by atoms with Gasteiger partial charge in [-0.15, -0.1) is 0 Å². The molecule has 0 aromatic heterocycles. The van der Waals surface area contributed by atoms with E-state index in [1.165, 1.54) is 0 Å². The van der Waals surface area contributed by atoms with Crippen molar-refractivity contribution in [2.45, 2.75) is 38.8 Å². The Kier molecular flexibility index (Phi) is 5.20. The van der Waals surface area contributed by atoms with Crippen LogP contribution < -0.4 is 9.47 Å². The third-order valence-electron chi connectivity index (χ3n) is 5.29. The highest BCUT2D eigenvalue weighted by Gasteiger charge is 2.46. The molecular formula is C20H25NO6. The minimum Gasteiger partial charge on any atom is -0.466 e. The van der Waals surface area contributed by atoms with Gasteiger partial charge < -0.3 is 23.8 Å². The van der Waals surface area contributed by atoms with Crippen LogP contribution in [0.3, 0.4) is 0 Å². The van der Waals surface area contributed by atoms with Crippen LogP contribution in [0.15, 0.2) is 18.2 Å². The number of fused-ring (bicyclic) bond motifs is 1. The zero-order chi connectivity index (χ0) is 18.8. The van der Waals surface area contributed by atoms with E-state index in [1.54, 1.807) is 0 Å². The second-order valence-corrected chi connectivity index (χ2v) is 7.26. The predicted molar refractivity (Wildman–Crippen MR) is 95.2 cm³/mol. The maximum atomic E-state index is 13.0. The lowest BCUT2D eigenvalue weighted by atomic mass is 10.1. The summed E-state index contributed by atoms with van der Waals surface area (Å²) in [6.07, 6.45) is 2.06. The van der Waals surface area contributed by atoms with Gasteiger partial charge in [-0.25, -0.2) is 0 Å². The van der Waals surface area contributed by atoms with Crippen LogP contribution in [0.25, 0.3) is 0 Å². The van der Waals surface area contributed by atoms with Gasteiger partial charge in [0.05, 0.1) is 12.5 Å². The smallest absolute Gasteiger partial charge is 0.309 e. The summed E-state index contributed by atoms with van der Waals surface area (Å²) in [7, 11) is 0. The highest BCUT2D eigenvalue weighted by atomic mass is 16.7. The fourth-order valence-corrected chi connectivity index (χ4v) is 3.74. The number of esters is 1. The molecule has 2 heterocycles. The van der Waals surface area contributed by atoms with E-state index in [4.69, 9.17) is 18.9 Å². The number of amides is 1. The van der Waals surface area contributed by atoms with E-state index in [1.807, 2.05) is 30.0 Å². The molecule has 146 valence electrons. The molecular weight excluding hydrogens is 350 g/mol. The van der Waals surface area contributed by atoms with Crippen LogP contribution in [-0.4, -0.2) is 49.4 Å². The van der Waals surface area contributed by atoms with Crippen LogP contribution in [0.5, 0.6) is 11.5 Å². The summed E-state index contributed by atoms with van der Waals surface area (Å²) in [5.74, 6) is 1.33. The van der Waals surface area contributed by atoms with Gasteiger partial charge in [0.15, 0.2) is 11.5 Å². The topological polar surface area (TPSA) is 74.3 Å². The predicted octanol–water partition coefficient (Wildman–Crippen LogP) is 2.12. The van der Waals surface area contributed by atoms with Gasteiger partial charge >= 0.3 is 5.97 Å². The first-order valence-electron chi connectivity index (χ1n) is 9.61. The zero-order valence-corrected chi connectivity index (χ0v) is 15.5. The molecule has 0 bridgehead atoms. The second kappa shape index (κ2) is 7.76. The molecule has 1 aromatic rings. The number of nitrogens with zero attached hydrogens (tertiary/aromatic N) is 1. The van der Waals surface area contributed by atoms with Crippen LogP contribution >= 0.6 is 0 Å². The van der Waals surface area contributed by atoms with Gasteiger partial charge in [-0.3, -0.25) is 9.59 Å². The molecule has 1 aromatic carbocycles. The molecule has 1 saturated carbocycles. The lowest BCUT2D eigenvalue weighted by Crippen LogP contribution is -2.40. The van der Waals surface area contributed by atoms with E-state index < -0.39 is 0 Å². The number of ether oxygens (including phenoxy) is 4. The molecule has 3 atom stereocenters. The van der Waals surface area contributed by atoms with E-state index in [-0.39, 0.29) is 36.6 Å². The Balaban J connectivity index is 1.45. The summed E-state index contributed by atoms with van der Waals surface area (Å²) >= 11 is 0. The quantitative estimate of drug-likeness (QED) is 0.680. The number of carbonyl (C=O) groups is 2. The summed E-state index contributed by atoms with van der Waals surface area (Å²) in [5.41, 5.74) is 0.971. The van der Waals surface area contributed by atoms with Crippen molar-refractivity contribution in [1.82, 2.24) is 4.90 Å². The normalized spacial score (nSPS) is 25.3. The maximum absolute atomic E-state index is 13.0. The minimum absolute atomic E-state index is 0.000300. The second-order valence-electron chi connectivity index (χ2n) is 7.26. The Labute approximate surface area is 158 Å². The minimum atomic E-state index is -0.376. The highest BCUT2D eigenvalue weighted by Crippen LogP contribution is 2.41.